The number of imidazole rings is 1. The Morgan fingerprint density at radius 2 is 1.45 bits per heavy atom. The van der Waals surface area contributed by atoms with Crippen molar-refractivity contribution in [1.82, 2.24) is 8.96 Å². The molecule has 0 amide bonds. The fourth-order valence-electron chi connectivity index (χ4n) is 3.73. The van der Waals surface area contributed by atoms with Crippen molar-refractivity contribution < 1.29 is 8.42 Å². The second-order valence-corrected chi connectivity index (χ2v) is 10.7. The molecular formula is C23H29ClN2O2S. The first-order valence-electron chi connectivity index (χ1n) is 10.0. The molecule has 3 aromatic rings. The minimum Gasteiger partial charge on any atom is -0.232 e. The number of hydrogen-bond donors (Lipinski definition) is 0. The van der Waals surface area contributed by atoms with Gasteiger partial charge in [0.25, 0.3) is 10.0 Å². The normalized spacial score (nSPS) is 12.7. The molecule has 0 radical (unpaired) electrons. The SMILES string of the molecule is Cc1nc2cc(Cl)ccc2n1S(=O)(=O)c1c(C(C)C)cc(C(C)C)cc1C(C)C. The summed E-state index contributed by atoms with van der Waals surface area (Å²) >= 11 is 6.09. The summed E-state index contributed by atoms with van der Waals surface area (Å²) in [6.45, 7) is 14.2. The zero-order valence-corrected chi connectivity index (χ0v) is 19.7. The largest absolute Gasteiger partial charge is 0.270 e. The molecule has 156 valence electrons. The second kappa shape index (κ2) is 7.77. The monoisotopic (exact) mass is 432 g/mol. The van der Waals surface area contributed by atoms with Crippen LogP contribution in [0.1, 0.15) is 81.8 Å². The Morgan fingerprint density at radius 3 is 1.93 bits per heavy atom. The standard InChI is InChI=1S/C23H29ClN2O2S/c1-13(2)17-10-19(14(3)4)23(20(11-17)15(5)6)29(27,28)26-16(7)25-21-12-18(24)8-9-22(21)26/h8-15H,1-7H3. The average molecular weight is 433 g/mol. The summed E-state index contributed by atoms with van der Waals surface area (Å²) in [5.41, 5.74) is 4.00. The summed E-state index contributed by atoms with van der Waals surface area (Å²) < 4.78 is 29.4. The second-order valence-electron chi connectivity index (χ2n) is 8.55. The van der Waals surface area contributed by atoms with E-state index in [0.29, 0.717) is 32.7 Å². The Hall–Kier alpha value is -1.85. The third-order valence-electron chi connectivity index (χ3n) is 5.31. The molecule has 0 spiro atoms. The van der Waals surface area contributed by atoms with E-state index in [2.05, 4.69) is 31.0 Å². The van der Waals surface area contributed by atoms with E-state index >= 15 is 0 Å². The highest BCUT2D eigenvalue weighted by molar-refractivity contribution is 7.90. The van der Waals surface area contributed by atoms with Crippen LogP contribution < -0.4 is 0 Å². The third-order valence-corrected chi connectivity index (χ3v) is 7.47. The van der Waals surface area contributed by atoms with Crippen LogP contribution >= 0.6 is 11.6 Å². The van der Waals surface area contributed by atoms with E-state index in [1.807, 2.05) is 27.7 Å². The molecule has 1 aromatic heterocycles. The van der Waals surface area contributed by atoms with E-state index in [0.717, 1.165) is 16.7 Å². The summed E-state index contributed by atoms with van der Waals surface area (Å²) in [7, 11) is -3.85. The van der Waals surface area contributed by atoms with Crippen molar-refractivity contribution >= 4 is 32.7 Å². The summed E-state index contributed by atoms with van der Waals surface area (Å²) in [6, 6.07) is 9.23. The van der Waals surface area contributed by atoms with Gasteiger partial charge < -0.3 is 0 Å². The lowest BCUT2D eigenvalue weighted by Crippen LogP contribution is -2.20. The molecule has 3 rings (SSSR count). The summed E-state index contributed by atoms with van der Waals surface area (Å²) in [6.07, 6.45) is 0. The minimum absolute atomic E-state index is 0.0699. The van der Waals surface area contributed by atoms with Crippen molar-refractivity contribution in [3.63, 3.8) is 0 Å². The maximum atomic E-state index is 14.0. The van der Waals surface area contributed by atoms with Gasteiger partial charge in [-0.05, 0) is 59.6 Å². The van der Waals surface area contributed by atoms with Crippen molar-refractivity contribution in [3.8, 4) is 0 Å². The molecule has 0 saturated carbocycles. The van der Waals surface area contributed by atoms with Gasteiger partial charge in [-0.2, -0.15) is 0 Å². The molecular weight excluding hydrogens is 404 g/mol. The number of hydrogen-bond acceptors (Lipinski definition) is 3. The number of aromatic nitrogens is 2. The van der Waals surface area contributed by atoms with Crippen LogP contribution in [0.15, 0.2) is 35.2 Å². The molecule has 0 saturated heterocycles. The first kappa shape index (κ1) is 21.8. The maximum absolute atomic E-state index is 14.0. The van der Waals surface area contributed by atoms with Crippen molar-refractivity contribution in [2.75, 3.05) is 0 Å². The van der Waals surface area contributed by atoms with Gasteiger partial charge in [-0.3, -0.25) is 0 Å². The summed E-state index contributed by atoms with van der Waals surface area (Å²) in [4.78, 5) is 4.87. The summed E-state index contributed by atoms with van der Waals surface area (Å²) in [5, 5.41) is 0.534. The minimum atomic E-state index is -3.85. The predicted molar refractivity (Wildman–Crippen MR) is 121 cm³/mol. The van der Waals surface area contributed by atoms with Gasteiger partial charge in [0.1, 0.15) is 5.82 Å². The molecule has 2 aromatic carbocycles. The van der Waals surface area contributed by atoms with E-state index < -0.39 is 10.0 Å². The topological polar surface area (TPSA) is 52.0 Å². The molecule has 0 fully saturated rings. The van der Waals surface area contributed by atoms with Gasteiger partial charge in [-0.15, -0.1) is 0 Å². The van der Waals surface area contributed by atoms with Crippen LogP contribution in [0, 0.1) is 6.92 Å². The van der Waals surface area contributed by atoms with Crippen molar-refractivity contribution in [3.05, 3.63) is 57.9 Å². The molecule has 0 atom stereocenters. The molecule has 6 heteroatoms. The van der Waals surface area contributed by atoms with Gasteiger partial charge in [-0.1, -0.05) is 65.3 Å². The quantitative estimate of drug-likeness (QED) is 0.456. The smallest absolute Gasteiger partial charge is 0.232 e. The number of rotatable bonds is 5. The average Bonchev–Trinajstić information content (AvgIpc) is 2.95. The van der Waals surface area contributed by atoms with Crippen molar-refractivity contribution in [1.29, 1.82) is 0 Å². The van der Waals surface area contributed by atoms with Crippen molar-refractivity contribution in [2.24, 2.45) is 0 Å². The maximum Gasteiger partial charge on any atom is 0.270 e. The number of nitrogens with zero attached hydrogens (tertiary/aromatic N) is 2. The molecule has 0 aliphatic heterocycles. The predicted octanol–water partition coefficient (Wildman–Crippen LogP) is 6.61. The van der Waals surface area contributed by atoms with Crippen LogP contribution in [-0.2, 0) is 10.0 Å². The van der Waals surface area contributed by atoms with Crippen LogP contribution in [0.5, 0.6) is 0 Å². The zero-order valence-electron chi connectivity index (χ0n) is 18.1. The van der Waals surface area contributed by atoms with Crippen LogP contribution in [0.25, 0.3) is 11.0 Å². The van der Waals surface area contributed by atoms with Gasteiger partial charge in [-0.25, -0.2) is 17.4 Å². The molecule has 4 nitrogen and oxygen atoms in total. The van der Waals surface area contributed by atoms with E-state index in [9.17, 15) is 8.42 Å². The molecule has 0 aliphatic carbocycles. The third kappa shape index (κ3) is 3.82. The highest BCUT2D eigenvalue weighted by atomic mass is 35.5. The molecule has 0 bridgehead atoms. The number of aryl methyl sites for hydroxylation is 1. The van der Waals surface area contributed by atoms with Gasteiger partial charge in [0, 0.05) is 5.02 Å². The zero-order chi connectivity index (χ0) is 21.7. The Balaban J connectivity index is 2.42. The van der Waals surface area contributed by atoms with Gasteiger partial charge >= 0.3 is 0 Å². The van der Waals surface area contributed by atoms with Crippen LogP contribution in [0.4, 0.5) is 0 Å². The van der Waals surface area contributed by atoms with E-state index in [1.165, 1.54) is 3.97 Å². The Bertz CT molecular complexity index is 1150. The van der Waals surface area contributed by atoms with E-state index in [4.69, 9.17) is 11.6 Å². The molecule has 0 aliphatic rings. The van der Waals surface area contributed by atoms with Gasteiger partial charge in [0.2, 0.25) is 0 Å². The first-order valence-corrected chi connectivity index (χ1v) is 11.8. The molecule has 1 heterocycles. The van der Waals surface area contributed by atoms with Crippen molar-refractivity contribution in [2.45, 2.75) is 71.1 Å². The number of fused-ring (bicyclic) bond motifs is 1. The highest BCUT2D eigenvalue weighted by Gasteiger charge is 2.30. The lowest BCUT2D eigenvalue weighted by molar-refractivity contribution is 0.581. The molecule has 0 unspecified atom stereocenters. The Morgan fingerprint density at radius 1 is 0.897 bits per heavy atom. The number of halogens is 1. The Labute approximate surface area is 179 Å². The van der Waals surface area contributed by atoms with Crippen LogP contribution in [-0.4, -0.2) is 17.4 Å². The summed E-state index contributed by atoms with van der Waals surface area (Å²) in [5.74, 6) is 0.889. The van der Waals surface area contributed by atoms with Crippen LogP contribution in [0.3, 0.4) is 0 Å². The van der Waals surface area contributed by atoms with Crippen LogP contribution in [0.2, 0.25) is 5.02 Å². The molecule has 29 heavy (non-hydrogen) atoms. The van der Waals surface area contributed by atoms with Gasteiger partial charge in [0.05, 0.1) is 15.9 Å². The van der Waals surface area contributed by atoms with E-state index in [1.54, 1.807) is 25.1 Å². The lowest BCUT2D eigenvalue weighted by Gasteiger charge is -2.23. The number of benzene rings is 2. The fraction of sp³-hybridized carbons (Fsp3) is 0.435. The highest BCUT2D eigenvalue weighted by Crippen LogP contribution is 2.37. The van der Waals surface area contributed by atoms with E-state index in [-0.39, 0.29) is 11.8 Å². The van der Waals surface area contributed by atoms with Gasteiger partial charge in [0.15, 0.2) is 0 Å². The molecule has 0 N–H and O–H groups in total. The Kier molecular flexibility index (Phi) is 5.85. The fourth-order valence-corrected chi connectivity index (χ4v) is 6.07. The lowest BCUT2D eigenvalue weighted by atomic mass is 9.89. The first-order chi connectivity index (χ1) is 13.4.